The van der Waals surface area contributed by atoms with Gasteiger partial charge in [-0.3, -0.25) is 0 Å². The molecule has 3 rings (SSSR count). The number of rotatable bonds is 6. The molecule has 1 fully saturated rings. The van der Waals surface area contributed by atoms with E-state index < -0.39 is 11.6 Å². The Hall–Kier alpha value is -1.81. The molecule has 0 amide bonds. The van der Waals surface area contributed by atoms with Crippen LogP contribution in [0, 0.1) is 24.4 Å². The molecule has 1 aliphatic rings. The predicted molar refractivity (Wildman–Crippen MR) is 101 cm³/mol. The van der Waals surface area contributed by atoms with Gasteiger partial charge in [-0.2, -0.15) is 0 Å². The van der Waals surface area contributed by atoms with Gasteiger partial charge in [-0.25, -0.2) is 13.2 Å². The number of hydrogen-bond acceptors (Lipinski definition) is 1. The summed E-state index contributed by atoms with van der Waals surface area (Å²) in [5.41, 5.74) is 2.39. The first kappa shape index (κ1) is 19.9. The van der Waals surface area contributed by atoms with E-state index >= 15 is 0 Å². The van der Waals surface area contributed by atoms with Crippen LogP contribution in [0.5, 0.6) is 0 Å². The highest BCUT2D eigenvalue weighted by Crippen LogP contribution is 2.35. The monoisotopic (exact) mass is 376 g/mol. The fraction of sp³-hybridized carbons (Fsp3) is 0.478. The van der Waals surface area contributed by atoms with Crippen LogP contribution in [-0.2, 0) is 17.8 Å². The highest BCUT2D eigenvalue weighted by Gasteiger charge is 2.24. The van der Waals surface area contributed by atoms with E-state index in [0.29, 0.717) is 23.5 Å². The second-order valence-electron chi connectivity index (χ2n) is 7.56. The van der Waals surface area contributed by atoms with Gasteiger partial charge in [0.1, 0.15) is 5.82 Å². The van der Waals surface area contributed by atoms with Gasteiger partial charge in [0.15, 0.2) is 11.6 Å². The molecule has 0 atom stereocenters. The fourth-order valence-electron chi connectivity index (χ4n) is 3.84. The van der Waals surface area contributed by atoms with Gasteiger partial charge in [0.25, 0.3) is 0 Å². The number of halogens is 3. The molecule has 0 N–H and O–H groups in total. The van der Waals surface area contributed by atoms with Crippen molar-refractivity contribution in [1.82, 2.24) is 0 Å². The van der Waals surface area contributed by atoms with Crippen molar-refractivity contribution >= 4 is 0 Å². The van der Waals surface area contributed by atoms with E-state index in [-0.39, 0.29) is 24.1 Å². The summed E-state index contributed by atoms with van der Waals surface area (Å²) in [5.74, 6) is -1.36. The topological polar surface area (TPSA) is 9.23 Å². The van der Waals surface area contributed by atoms with Crippen molar-refractivity contribution in [3.05, 3.63) is 70.0 Å². The van der Waals surface area contributed by atoms with Crippen LogP contribution < -0.4 is 0 Å². The Bertz CT molecular complexity index is 779. The van der Waals surface area contributed by atoms with E-state index in [1.165, 1.54) is 0 Å². The maximum Gasteiger partial charge on any atom is 0.164 e. The van der Waals surface area contributed by atoms with Gasteiger partial charge in [-0.15, -0.1) is 0 Å². The van der Waals surface area contributed by atoms with Crippen LogP contribution in [0.3, 0.4) is 0 Å². The molecular weight excluding hydrogens is 349 g/mol. The average Bonchev–Trinajstić information content (AvgIpc) is 2.68. The van der Waals surface area contributed by atoms with Crippen LogP contribution in [0.1, 0.15) is 67.2 Å². The van der Waals surface area contributed by atoms with Gasteiger partial charge in [0, 0.05) is 5.56 Å². The van der Waals surface area contributed by atoms with Gasteiger partial charge in [0.05, 0.1) is 12.7 Å². The summed E-state index contributed by atoms with van der Waals surface area (Å²) < 4.78 is 47.9. The van der Waals surface area contributed by atoms with Crippen molar-refractivity contribution in [2.75, 3.05) is 0 Å². The molecule has 0 bridgehead atoms. The first-order valence-corrected chi connectivity index (χ1v) is 9.83. The highest BCUT2D eigenvalue weighted by molar-refractivity contribution is 5.27. The number of aryl methyl sites for hydroxylation is 2. The Morgan fingerprint density at radius 1 is 0.926 bits per heavy atom. The van der Waals surface area contributed by atoms with Gasteiger partial charge in [-0.1, -0.05) is 37.6 Å². The molecule has 2 aromatic carbocycles. The maximum absolute atomic E-state index is 14.2. The summed E-state index contributed by atoms with van der Waals surface area (Å²) in [6, 6.07) is 8.75. The second kappa shape index (κ2) is 8.92. The molecule has 0 aliphatic heterocycles. The van der Waals surface area contributed by atoms with Crippen molar-refractivity contribution in [1.29, 1.82) is 0 Å². The Labute approximate surface area is 159 Å². The second-order valence-corrected chi connectivity index (χ2v) is 7.56. The summed E-state index contributed by atoms with van der Waals surface area (Å²) in [5, 5.41) is 0. The minimum atomic E-state index is -0.787. The summed E-state index contributed by atoms with van der Waals surface area (Å²) in [6.07, 6.45) is 4.87. The van der Waals surface area contributed by atoms with E-state index in [0.717, 1.165) is 37.7 Å². The van der Waals surface area contributed by atoms with Crippen molar-refractivity contribution in [3.8, 4) is 0 Å². The smallest absolute Gasteiger partial charge is 0.164 e. The molecule has 0 radical (unpaired) electrons. The normalized spacial score (nSPS) is 20.0. The van der Waals surface area contributed by atoms with Crippen LogP contribution in [0.25, 0.3) is 0 Å². The lowest BCUT2D eigenvalue weighted by atomic mass is 9.82. The van der Waals surface area contributed by atoms with Crippen LogP contribution in [0.4, 0.5) is 13.2 Å². The zero-order chi connectivity index (χ0) is 19.4. The molecule has 0 spiro atoms. The van der Waals surface area contributed by atoms with Gasteiger partial charge >= 0.3 is 0 Å². The minimum absolute atomic E-state index is 0.0364. The summed E-state index contributed by atoms with van der Waals surface area (Å²) in [6.45, 7) is 3.79. The number of hydrogen-bond donors (Lipinski definition) is 0. The molecule has 2 aromatic rings. The largest absolute Gasteiger partial charge is 0.373 e. The molecule has 0 saturated heterocycles. The van der Waals surface area contributed by atoms with Crippen molar-refractivity contribution < 1.29 is 17.9 Å². The van der Waals surface area contributed by atoms with Crippen molar-refractivity contribution in [2.45, 2.75) is 71.0 Å². The quantitative estimate of drug-likeness (QED) is 0.551. The number of benzene rings is 2. The fourth-order valence-corrected chi connectivity index (χ4v) is 3.84. The average molecular weight is 376 g/mol. The lowest BCUT2D eigenvalue weighted by molar-refractivity contribution is 0.0118. The summed E-state index contributed by atoms with van der Waals surface area (Å²) in [4.78, 5) is 0. The molecule has 1 aliphatic carbocycles. The highest BCUT2D eigenvalue weighted by atomic mass is 19.2. The zero-order valence-electron chi connectivity index (χ0n) is 16.0. The zero-order valence-corrected chi connectivity index (χ0v) is 16.0. The molecule has 27 heavy (non-hydrogen) atoms. The van der Waals surface area contributed by atoms with Gasteiger partial charge < -0.3 is 4.74 Å². The molecular formula is C23H27F3O. The third kappa shape index (κ3) is 4.73. The van der Waals surface area contributed by atoms with Crippen LogP contribution in [-0.4, -0.2) is 6.10 Å². The SMILES string of the molecule is CCCc1ccc(COC2CCC(c3ccc(C)c(F)c3)CC2)c(F)c1F. The van der Waals surface area contributed by atoms with E-state index in [2.05, 4.69) is 0 Å². The number of ether oxygens (including phenoxy) is 1. The first-order chi connectivity index (χ1) is 13.0. The molecule has 0 aromatic heterocycles. The van der Waals surface area contributed by atoms with Crippen LogP contribution in [0.15, 0.2) is 30.3 Å². The Morgan fingerprint density at radius 2 is 1.59 bits per heavy atom. The molecule has 1 saturated carbocycles. The van der Waals surface area contributed by atoms with Crippen molar-refractivity contribution in [2.24, 2.45) is 0 Å². The predicted octanol–water partition coefficient (Wildman–Crippen LogP) is 6.61. The molecule has 0 unspecified atom stereocenters. The lowest BCUT2D eigenvalue weighted by Gasteiger charge is -2.29. The third-order valence-electron chi connectivity index (χ3n) is 5.58. The Balaban J connectivity index is 1.54. The first-order valence-electron chi connectivity index (χ1n) is 9.83. The lowest BCUT2D eigenvalue weighted by Crippen LogP contribution is -2.21. The van der Waals surface area contributed by atoms with Gasteiger partial charge in [0.2, 0.25) is 0 Å². The molecule has 1 nitrogen and oxygen atoms in total. The van der Waals surface area contributed by atoms with Crippen molar-refractivity contribution in [3.63, 3.8) is 0 Å². The molecule has 4 heteroatoms. The standard InChI is InChI=1S/C23H27F3O/c1-3-4-17-7-8-19(23(26)22(17)25)14-27-20-11-9-16(10-12-20)18-6-5-15(2)21(24)13-18/h5-8,13,16,20H,3-4,9-12,14H2,1-2H3. The molecule has 146 valence electrons. The Morgan fingerprint density at radius 3 is 2.26 bits per heavy atom. The van der Waals surface area contributed by atoms with E-state index in [9.17, 15) is 13.2 Å². The minimum Gasteiger partial charge on any atom is -0.373 e. The van der Waals surface area contributed by atoms with Gasteiger partial charge in [-0.05, 0) is 67.7 Å². The van der Waals surface area contributed by atoms with E-state index in [1.54, 1.807) is 25.1 Å². The summed E-state index contributed by atoms with van der Waals surface area (Å²) >= 11 is 0. The van der Waals surface area contributed by atoms with Crippen LogP contribution >= 0.6 is 0 Å². The Kier molecular flexibility index (Phi) is 6.59. The maximum atomic E-state index is 14.2. The third-order valence-corrected chi connectivity index (χ3v) is 5.58. The molecule has 0 heterocycles. The van der Waals surface area contributed by atoms with E-state index in [4.69, 9.17) is 4.74 Å². The summed E-state index contributed by atoms with van der Waals surface area (Å²) in [7, 11) is 0. The van der Waals surface area contributed by atoms with E-state index in [1.807, 2.05) is 19.1 Å². The van der Waals surface area contributed by atoms with Crippen LogP contribution in [0.2, 0.25) is 0 Å².